The zero-order chi connectivity index (χ0) is 26.9. The average Bonchev–Trinajstić information content (AvgIpc) is 2.80. The molecule has 0 spiro atoms. The van der Waals surface area contributed by atoms with Gasteiger partial charge in [0.15, 0.2) is 0 Å². The second-order valence-corrected chi connectivity index (χ2v) is 10.9. The van der Waals surface area contributed by atoms with E-state index >= 15 is 0 Å². The molecule has 0 aliphatic carbocycles. The normalized spacial score (nSPS) is 12.0. The van der Waals surface area contributed by atoms with Crippen LogP contribution in [-0.2, 0) is 19.4 Å². The Morgan fingerprint density at radius 1 is 0.595 bits per heavy atom. The van der Waals surface area contributed by atoms with Crippen molar-refractivity contribution < 1.29 is 22.7 Å². The molecule has 0 saturated heterocycles. The van der Waals surface area contributed by atoms with Crippen LogP contribution in [0.15, 0.2) is 65.7 Å². The minimum atomic E-state index is 1.01. The van der Waals surface area contributed by atoms with Gasteiger partial charge in [-0.25, -0.2) is 0 Å². The first kappa shape index (κ1) is 26.9. The molecule has 4 aromatic carbocycles. The van der Waals surface area contributed by atoms with Crippen LogP contribution in [0.25, 0.3) is 22.3 Å². The first-order chi connectivity index (χ1) is 17.6. The van der Waals surface area contributed by atoms with Gasteiger partial charge in [-0.2, -0.15) is 0 Å². The molecule has 0 fully saturated rings. The van der Waals surface area contributed by atoms with Crippen molar-refractivity contribution in [3.63, 3.8) is 0 Å². The summed E-state index contributed by atoms with van der Waals surface area (Å²) < 4.78 is 2.06. The molecule has 0 amide bonds. The molecule has 4 aromatic rings. The number of aliphatic imine (C=N–C) groups is 1. The zero-order valence-electron chi connectivity index (χ0n) is 23.1. The van der Waals surface area contributed by atoms with Crippen LogP contribution in [0.2, 0.25) is 0 Å². The van der Waals surface area contributed by atoms with E-state index in [0.717, 1.165) is 11.4 Å². The van der Waals surface area contributed by atoms with Crippen molar-refractivity contribution in [1.82, 2.24) is 0 Å². The summed E-state index contributed by atoms with van der Waals surface area (Å²) in [5.74, 6) is 0. The molecule has 3 heteroatoms. The molecule has 0 N–H and O–H groups in total. The molecule has 0 unspecified atom stereocenters. The predicted octanol–water partition coefficient (Wildman–Crippen LogP) is 9.07. The van der Waals surface area contributed by atoms with Crippen molar-refractivity contribution in [3.05, 3.63) is 105 Å². The summed E-state index contributed by atoms with van der Waals surface area (Å²) in [5, 5.41) is 0. The Labute approximate surface area is 233 Å². The zero-order valence-corrected chi connectivity index (χ0v) is 24.7. The van der Waals surface area contributed by atoms with Crippen molar-refractivity contribution in [2.75, 3.05) is 0 Å². The monoisotopic (exact) mass is 578 g/mol. The van der Waals surface area contributed by atoms with E-state index in [1.54, 1.807) is 0 Å². The fourth-order valence-corrected chi connectivity index (χ4v) is 6.02. The van der Waals surface area contributed by atoms with Crippen LogP contribution < -0.4 is 0 Å². The Bertz CT molecular complexity index is 1520. The number of nitrogens with zero attached hydrogens (tertiary/aromatic N) is 2. The molecule has 0 atom stereocenters. The molecule has 191 valence electrons. The van der Waals surface area contributed by atoms with Gasteiger partial charge in [-0.1, -0.05) is 0 Å². The Kier molecular flexibility index (Phi) is 8.08. The van der Waals surface area contributed by atoms with Crippen molar-refractivity contribution in [1.29, 1.82) is 0 Å². The third-order valence-electron chi connectivity index (χ3n) is 6.98. The van der Waals surface area contributed by atoms with Gasteiger partial charge in [-0.05, 0) is 0 Å². The van der Waals surface area contributed by atoms with Gasteiger partial charge in [-0.15, -0.1) is 0 Å². The molecule has 0 bridgehead atoms. The molecule has 0 aliphatic heterocycles. The first-order valence-electron chi connectivity index (χ1n) is 12.7. The van der Waals surface area contributed by atoms with Crippen LogP contribution in [0.5, 0.6) is 0 Å². The molecule has 0 aliphatic rings. The Hall–Kier alpha value is -3.12. The van der Waals surface area contributed by atoms with Gasteiger partial charge in [-0.3, -0.25) is 0 Å². The fourth-order valence-electron chi connectivity index (χ4n) is 5.45. The van der Waals surface area contributed by atoms with Crippen LogP contribution >= 0.6 is 0 Å². The second-order valence-electron chi connectivity index (χ2n) is 10.2. The Morgan fingerprint density at radius 3 is 1.59 bits per heavy atom. The third-order valence-corrected chi connectivity index (χ3v) is 7.56. The summed E-state index contributed by atoms with van der Waals surface area (Å²) in [5.41, 5.74) is 17.1. The van der Waals surface area contributed by atoms with Crippen LogP contribution in [0.1, 0.15) is 44.5 Å². The Balaban J connectivity index is 1.84. The molecule has 37 heavy (non-hydrogen) atoms. The molecule has 0 radical (unpaired) electrons. The van der Waals surface area contributed by atoms with Crippen molar-refractivity contribution >= 4 is 23.8 Å². The average molecular weight is 579 g/mol. The molecule has 0 aromatic heterocycles. The summed E-state index contributed by atoms with van der Waals surface area (Å²) in [6, 6.07) is 22.0. The van der Waals surface area contributed by atoms with Gasteiger partial charge >= 0.3 is 234 Å². The van der Waals surface area contributed by atoms with E-state index in [0.29, 0.717) is 0 Å². The molecule has 2 nitrogen and oxygen atoms in total. The quantitative estimate of drug-likeness (QED) is 0.166. The number of hydrogen-bond acceptors (Lipinski definition) is 1. The fraction of sp³-hybridized carbons (Fsp3) is 0.235. The van der Waals surface area contributed by atoms with Crippen molar-refractivity contribution in [2.24, 2.45) is 4.99 Å². The summed E-state index contributed by atoms with van der Waals surface area (Å²) in [4.78, 5) is 5.01. The number of benzene rings is 4. The van der Waals surface area contributed by atoms with E-state index in [2.05, 4.69) is 139 Å². The molecular weight excluding hydrogens is 543 g/mol. The number of rotatable bonds is 5. The summed E-state index contributed by atoms with van der Waals surface area (Å²) in [7, 11) is 0. The second kappa shape index (κ2) is 11.1. The standard InChI is InChI=1S/C34H36N2.Pd/c1-21-17-27(7)33(29(19-21)31-23(3)11-9-12-24(31)4)35-15-16-36-34-28(8)18-22(2)20-30(34)32-25(5)13-10-14-26(32)6;/h9-20H,1-8H3;/q;+1. The predicted molar refractivity (Wildman–Crippen MR) is 156 cm³/mol. The number of hydrogen-bond donors (Lipinski definition) is 0. The van der Waals surface area contributed by atoms with E-state index in [1.807, 2.05) is 12.4 Å². The van der Waals surface area contributed by atoms with Gasteiger partial charge in [0, 0.05) is 0 Å². The maximum absolute atomic E-state index is 5.01. The van der Waals surface area contributed by atoms with Crippen LogP contribution in [0.4, 0.5) is 11.4 Å². The van der Waals surface area contributed by atoms with Crippen LogP contribution in [0.3, 0.4) is 0 Å². The van der Waals surface area contributed by atoms with Gasteiger partial charge in [0.25, 0.3) is 0 Å². The summed E-state index contributed by atoms with van der Waals surface area (Å²) in [6.45, 7) is 17.4. The van der Waals surface area contributed by atoms with E-state index in [9.17, 15) is 0 Å². The minimum absolute atomic E-state index is 1.01. The van der Waals surface area contributed by atoms with E-state index in [-0.39, 0.29) is 0 Å². The van der Waals surface area contributed by atoms with Crippen LogP contribution in [-0.4, -0.2) is 15.6 Å². The van der Waals surface area contributed by atoms with Gasteiger partial charge in [0.1, 0.15) is 0 Å². The SMILES string of the molecule is Cc1cc(C)c(N=CC=[N+]([Pd])c2c(C)cc(C)cc2-c2c(C)cccc2C)c(-c2c(C)cccc2C)c1. The van der Waals surface area contributed by atoms with Crippen molar-refractivity contribution in [2.45, 2.75) is 55.4 Å². The summed E-state index contributed by atoms with van der Waals surface area (Å²) >= 11 is 3.49. The number of aryl methyl sites for hydroxylation is 8. The van der Waals surface area contributed by atoms with Gasteiger partial charge < -0.3 is 0 Å². The molecule has 4 rings (SSSR count). The molecular formula is C34H36N2Pd+. The van der Waals surface area contributed by atoms with Crippen LogP contribution in [0, 0.1) is 55.4 Å². The third kappa shape index (κ3) is 5.59. The van der Waals surface area contributed by atoms with E-state index < -0.39 is 0 Å². The molecule has 0 heterocycles. The maximum atomic E-state index is 5.01. The van der Waals surface area contributed by atoms with Crippen molar-refractivity contribution in [3.8, 4) is 22.3 Å². The topological polar surface area (TPSA) is 15.4 Å². The van der Waals surface area contributed by atoms with Gasteiger partial charge in [0.05, 0.1) is 0 Å². The van der Waals surface area contributed by atoms with Gasteiger partial charge in [0.2, 0.25) is 0 Å². The van der Waals surface area contributed by atoms with E-state index in [4.69, 9.17) is 4.99 Å². The summed E-state index contributed by atoms with van der Waals surface area (Å²) in [6.07, 6.45) is 3.93. The first-order valence-corrected chi connectivity index (χ1v) is 13.4. The van der Waals surface area contributed by atoms with E-state index in [1.165, 1.54) is 66.8 Å². The molecule has 0 saturated carbocycles. The Morgan fingerprint density at radius 2 is 1.05 bits per heavy atom.